The molecular formula is C11H12BrN5O2S. The Morgan fingerprint density at radius 1 is 1.25 bits per heavy atom. The number of nitrogens with zero attached hydrogens (tertiary/aromatic N) is 2. The second kappa shape index (κ2) is 6.27. The first-order valence-electron chi connectivity index (χ1n) is 5.54. The van der Waals surface area contributed by atoms with Gasteiger partial charge in [0.1, 0.15) is 4.90 Å². The summed E-state index contributed by atoms with van der Waals surface area (Å²) in [6.07, 6.45) is 2.37. The molecule has 9 heteroatoms. The van der Waals surface area contributed by atoms with Crippen molar-refractivity contribution in [3.63, 3.8) is 0 Å². The van der Waals surface area contributed by atoms with Gasteiger partial charge in [0.15, 0.2) is 0 Å². The Hall–Kier alpha value is -1.55. The van der Waals surface area contributed by atoms with Gasteiger partial charge in [-0.05, 0) is 17.7 Å². The lowest BCUT2D eigenvalue weighted by Gasteiger charge is -2.07. The molecule has 0 aliphatic heterocycles. The van der Waals surface area contributed by atoms with Crippen LogP contribution in [-0.2, 0) is 16.6 Å². The third-order valence-electron chi connectivity index (χ3n) is 2.42. The SMILES string of the molecule is NNc1ncc(S(=O)(=O)NCc2cccc(Br)c2)cn1. The molecule has 1 heterocycles. The predicted molar refractivity (Wildman–Crippen MR) is 78.0 cm³/mol. The Balaban J connectivity index is 2.10. The van der Waals surface area contributed by atoms with Crippen LogP contribution in [0.2, 0.25) is 0 Å². The van der Waals surface area contributed by atoms with Crippen molar-refractivity contribution in [2.24, 2.45) is 5.84 Å². The normalized spacial score (nSPS) is 11.3. The van der Waals surface area contributed by atoms with Crippen molar-refractivity contribution in [1.82, 2.24) is 14.7 Å². The van der Waals surface area contributed by atoms with Crippen LogP contribution in [0.5, 0.6) is 0 Å². The van der Waals surface area contributed by atoms with Crippen LogP contribution in [-0.4, -0.2) is 18.4 Å². The Morgan fingerprint density at radius 2 is 1.95 bits per heavy atom. The van der Waals surface area contributed by atoms with E-state index in [-0.39, 0.29) is 17.4 Å². The van der Waals surface area contributed by atoms with Gasteiger partial charge in [0.05, 0.1) is 12.4 Å². The number of nitrogen functional groups attached to an aromatic ring is 1. The number of hydrazine groups is 1. The van der Waals surface area contributed by atoms with Gasteiger partial charge in [-0.15, -0.1) is 0 Å². The monoisotopic (exact) mass is 357 g/mol. The molecule has 106 valence electrons. The molecule has 0 unspecified atom stereocenters. The van der Waals surface area contributed by atoms with Gasteiger partial charge in [-0.25, -0.2) is 29.0 Å². The number of aromatic nitrogens is 2. The number of halogens is 1. The molecule has 4 N–H and O–H groups in total. The lowest BCUT2D eigenvalue weighted by molar-refractivity contribution is 0.580. The molecule has 0 saturated heterocycles. The average molecular weight is 358 g/mol. The molecule has 0 amide bonds. The van der Waals surface area contributed by atoms with E-state index in [0.29, 0.717) is 0 Å². The summed E-state index contributed by atoms with van der Waals surface area (Å²) >= 11 is 3.33. The van der Waals surface area contributed by atoms with Crippen LogP contribution in [0, 0.1) is 0 Å². The summed E-state index contributed by atoms with van der Waals surface area (Å²) in [6, 6.07) is 7.36. The summed E-state index contributed by atoms with van der Waals surface area (Å²) < 4.78 is 27.4. The Kier molecular flexibility index (Phi) is 4.65. The van der Waals surface area contributed by atoms with Crippen LogP contribution >= 0.6 is 15.9 Å². The summed E-state index contributed by atoms with van der Waals surface area (Å²) in [5.74, 6) is 5.26. The first kappa shape index (κ1) is 14.9. The van der Waals surface area contributed by atoms with Crippen LogP contribution in [0.1, 0.15) is 5.56 Å². The summed E-state index contributed by atoms with van der Waals surface area (Å²) in [5.41, 5.74) is 3.06. The molecule has 1 aromatic carbocycles. The largest absolute Gasteiger partial charge is 0.292 e. The van der Waals surface area contributed by atoms with Gasteiger partial charge in [-0.3, -0.25) is 5.43 Å². The van der Waals surface area contributed by atoms with E-state index in [1.54, 1.807) is 0 Å². The molecule has 0 atom stereocenters. The third-order valence-corrected chi connectivity index (χ3v) is 4.27. The second-order valence-corrected chi connectivity index (χ2v) is 6.52. The number of nitrogens with one attached hydrogen (secondary N) is 2. The number of anilines is 1. The number of sulfonamides is 1. The van der Waals surface area contributed by atoms with Gasteiger partial charge < -0.3 is 0 Å². The Morgan fingerprint density at radius 3 is 2.55 bits per heavy atom. The minimum Gasteiger partial charge on any atom is -0.292 e. The summed E-state index contributed by atoms with van der Waals surface area (Å²) in [7, 11) is -3.66. The van der Waals surface area contributed by atoms with Gasteiger partial charge in [0.25, 0.3) is 0 Å². The van der Waals surface area contributed by atoms with E-state index in [9.17, 15) is 8.42 Å². The molecule has 7 nitrogen and oxygen atoms in total. The number of benzene rings is 1. The standard InChI is InChI=1S/C11H12BrN5O2S/c12-9-3-1-2-8(4-9)5-16-20(18,19)10-6-14-11(17-13)15-7-10/h1-4,6-7,16H,5,13H2,(H,14,15,17). The quantitative estimate of drug-likeness (QED) is 0.543. The lowest BCUT2D eigenvalue weighted by Crippen LogP contribution is -2.23. The van der Waals surface area contributed by atoms with E-state index in [0.717, 1.165) is 10.0 Å². The van der Waals surface area contributed by atoms with E-state index in [4.69, 9.17) is 5.84 Å². The van der Waals surface area contributed by atoms with Crippen LogP contribution in [0.4, 0.5) is 5.95 Å². The molecule has 0 fully saturated rings. The molecule has 0 radical (unpaired) electrons. The molecular weight excluding hydrogens is 346 g/mol. The minimum absolute atomic E-state index is 0.0218. The van der Waals surface area contributed by atoms with E-state index >= 15 is 0 Å². The molecule has 0 aliphatic rings. The van der Waals surface area contributed by atoms with Crippen molar-refractivity contribution in [3.8, 4) is 0 Å². The van der Waals surface area contributed by atoms with Gasteiger partial charge in [-0.2, -0.15) is 0 Å². The molecule has 0 aliphatic carbocycles. The van der Waals surface area contributed by atoms with E-state index in [2.05, 4.69) is 36.0 Å². The number of nitrogens with two attached hydrogens (primary N) is 1. The summed E-state index contributed by atoms with van der Waals surface area (Å²) in [5, 5.41) is 0. The van der Waals surface area contributed by atoms with Crippen molar-refractivity contribution in [1.29, 1.82) is 0 Å². The number of rotatable bonds is 5. The first-order valence-corrected chi connectivity index (χ1v) is 7.81. The van der Waals surface area contributed by atoms with Crippen molar-refractivity contribution in [2.75, 3.05) is 5.43 Å². The molecule has 0 bridgehead atoms. The predicted octanol–water partition coefficient (Wildman–Crippen LogP) is 1.00. The van der Waals surface area contributed by atoms with Gasteiger partial charge in [-0.1, -0.05) is 28.1 Å². The molecule has 2 rings (SSSR count). The fourth-order valence-electron chi connectivity index (χ4n) is 1.44. The average Bonchev–Trinajstić information content (AvgIpc) is 2.45. The van der Waals surface area contributed by atoms with Crippen LogP contribution in [0.15, 0.2) is 46.0 Å². The third kappa shape index (κ3) is 3.73. The van der Waals surface area contributed by atoms with Crippen LogP contribution in [0.25, 0.3) is 0 Å². The highest BCUT2D eigenvalue weighted by Crippen LogP contribution is 2.13. The Labute approximate surface area is 124 Å². The van der Waals surface area contributed by atoms with Crippen molar-refractivity contribution in [2.45, 2.75) is 11.4 Å². The zero-order valence-corrected chi connectivity index (χ0v) is 12.6. The van der Waals surface area contributed by atoms with Gasteiger partial charge in [0, 0.05) is 11.0 Å². The minimum atomic E-state index is -3.66. The van der Waals surface area contributed by atoms with Crippen molar-refractivity contribution in [3.05, 3.63) is 46.7 Å². The maximum atomic E-state index is 12.0. The molecule has 20 heavy (non-hydrogen) atoms. The summed E-state index contributed by atoms with van der Waals surface area (Å²) in [4.78, 5) is 7.50. The fraction of sp³-hybridized carbons (Fsp3) is 0.0909. The maximum Gasteiger partial charge on any atom is 0.243 e. The van der Waals surface area contributed by atoms with Crippen molar-refractivity contribution < 1.29 is 8.42 Å². The topological polar surface area (TPSA) is 110 Å². The highest BCUT2D eigenvalue weighted by Gasteiger charge is 2.14. The first-order chi connectivity index (χ1) is 9.51. The van der Waals surface area contributed by atoms with E-state index < -0.39 is 10.0 Å². The van der Waals surface area contributed by atoms with Crippen LogP contribution < -0.4 is 16.0 Å². The highest BCUT2D eigenvalue weighted by molar-refractivity contribution is 9.10. The maximum absolute atomic E-state index is 12.0. The summed E-state index contributed by atoms with van der Waals surface area (Å²) in [6.45, 7) is 0.179. The Bertz CT molecular complexity index is 690. The zero-order chi connectivity index (χ0) is 14.6. The zero-order valence-electron chi connectivity index (χ0n) is 10.2. The second-order valence-electron chi connectivity index (χ2n) is 3.84. The van der Waals surface area contributed by atoms with Crippen molar-refractivity contribution >= 4 is 31.9 Å². The fourth-order valence-corrected chi connectivity index (χ4v) is 2.79. The molecule has 2 aromatic rings. The smallest absolute Gasteiger partial charge is 0.243 e. The molecule has 0 spiro atoms. The number of hydrogen-bond donors (Lipinski definition) is 3. The molecule has 0 saturated carbocycles. The van der Waals surface area contributed by atoms with E-state index in [1.165, 1.54) is 12.4 Å². The highest BCUT2D eigenvalue weighted by atomic mass is 79.9. The lowest BCUT2D eigenvalue weighted by atomic mass is 10.2. The number of hydrogen-bond acceptors (Lipinski definition) is 6. The van der Waals surface area contributed by atoms with Gasteiger partial charge in [0.2, 0.25) is 16.0 Å². The van der Waals surface area contributed by atoms with Gasteiger partial charge >= 0.3 is 0 Å². The van der Waals surface area contributed by atoms with Crippen LogP contribution in [0.3, 0.4) is 0 Å². The van der Waals surface area contributed by atoms with E-state index in [1.807, 2.05) is 24.3 Å². The molecule has 1 aromatic heterocycles.